The number of anilines is 1. The van der Waals surface area contributed by atoms with Gasteiger partial charge in [-0.15, -0.1) is 0 Å². The van der Waals surface area contributed by atoms with Crippen LogP contribution in [0.1, 0.15) is 31.4 Å². The summed E-state index contributed by atoms with van der Waals surface area (Å²) >= 11 is 6.23. The molecule has 0 aliphatic carbocycles. The summed E-state index contributed by atoms with van der Waals surface area (Å²) in [5.74, 6) is -1.93. The van der Waals surface area contributed by atoms with Crippen molar-refractivity contribution in [3.63, 3.8) is 0 Å². The van der Waals surface area contributed by atoms with Crippen LogP contribution < -0.4 is 9.62 Å². The highest BCUT2D eigenvalue weighted by Crippen LogP contribution is 2.37. The first kappa shape index (κ1) is 31.9. The van der Waals surface area contributed by atoms with Crippen molar-refractivity contribution in [3.8, 4) is 0 Å². The number of halogens is 5. The Bertz CT molecular complexity index is 1470. The average molecular weight is 614 g/mol. The van der Waals surface area contributed by atoms with E-state index in [1.165, 1.54) is 48.5 Å². The van der Waals surface area contributed by atoms with Crippen LogP contribution in [0.2, 0.25) is 5.02 Å². The molecule has 1 unspecified atom stereocenters. The summed E-state index contributed by atoms with van der Waals surface area (Å²) in [7, 11) is -4.62. The molecule has 0 fully saturated rings. The zero-order valence-corrected chi connectivity index (χ0v) is 23.7. The fourth-order valence-corrected chi connectivity index (χ4v) is 5.83. The Kier molecular flexibility index (Phi) is 10.4. The molecule has 7 nitrogen and oxygen atoms in total. The number of hydrogen-bond acceptors (Lipinski definition) is 4. The number of carbonyl (C=O) groups excluding carboxylic acids is 2. The largest absolute Gasteiger partial charge is 0.416 e. The molecule has 220 valence electrons. The van der Waals surface area contributed by atoms with Gasteiger partial charge in [0.25, 0.3) is 10.0 Å². The number of benzene rings is 3. The summed E-state index contributed by atoms with van der Waals surface area (Å²) in [6.45, 7) is 2.40. The molecule has 0 spiro atoms. The van der Waals surface area contributed by atoms with Crippen LogP contribution >= 0.6 is 11.6 Å². The average Bonchev–Trinajstić information content (AvgIpc) is 2.93. The third-order valence-corrected chi connectivity index (χ3v) is 8.25. The Morgan fingerprint density at radius 3 is 2.17 bits per heavy atom. The van der Waals surface area contributed by atoms with E-state index in [0.717, 1.165) is 11.0 Å². The highest BCUT2D eigenvalue weighted by atomic mass is 35.5. The van der Waals surface area contributed by atoms with Gasteiger partial charge in [0.1, 0.15) is 18.4 Å². The lowest BCUT2D eigenvalue weighted by Crippen LogP contribution is -2.52. The van der Waals surface area contributed by atoms with E-state index in [4.69, 9.17) is 11.6 Å². The standard InChI is InChI=1S/C28H28ClF4N3O4S/c1-3-24(27(38)34-4-2)35(17-19-10-13-21(30)14-11-19)26(37)18-36(41(39,40)22-8-6-5-7-9-22)25-16-20(28(31,32)33)12-15-23(25)29/h5-16,24H,3-4,17-18H2,1-2H3,(H,34,38). The van der Waals surface area contributed by atoms with Gasteiger partial charge < -0.3 is 10.2 Å². The number of rotatable bonds is 11. The van der Waals surface area contributed by atoms with Crippen molar-refractivity contribution in [2.24, 2.45) is 0 Å². The van der Waals surface area contributed by atoms with E-state index in [1.807, 2.05) is 0 Å². The monoisotopic (exact) mass is 613 g/mol. The zero-order chi connectivity index (χ0) is 30.4. The molecule has 0 saturated carbocycles. The second kappa shape index (κ2) is 13.3. The summed E-state index contributed by atoms with van der Waals surface area (Å²) in [4.78, 5) is 27.6. The van der Waals surface area contributed by atoms with Gasteiger partial charge in [-0.25, -0.2) is 12.8 Å². The third-order valence-electron chi connectivity index (χ3n) is 6.16. The van der Waals surface area contributed by atoms with Crippen LogP contribution in [0.4, 0.5) is 23.2 Å². The number of likely N-dealkylation sites (N-methyl/N-ethyl adjacent to an activating group) is 1. The van der Waals surface area contributed by atoms with Crippen molar-refractivity contribution >= 4 is 39.1 Å². The maximum atomic E-state index is 13.9. The van der Waals surface area contributed by atoms with Crippen LogP contribution in [0.5, 0.6) is 0 Å². The fraction of sp³-hybridized carbons (Fsp3) is 0.286. The van der Waals surface area contributed by atoms with E-state index in [1.54, 1.807) is 19.9 Å². The Balaban J connectivity index is 2.15. The van der Waals surface area contributed by atoms with Crippen molar-refractivity contribution in [1.82, 2.24) is 10.2 Å². The van der Waals surface area contributed by atoms with E-state index in [0.29, 0.717) is 22.0 Å². The van der Waals surface area contributed by atoms with Crippen LogP contribution in [0.25, 0.3) is 0 Å². The van der Waals surface area contributed by atoms with Crippen LogP contribution in [-0.2, 0) is 32.3 Å². The van der Waals surface area contributed by atoms with Gasteiger partial charge in [-0.3, -0.25) is 13.9 Å². The highest BCUT2D eigenvalue weighted by Gasteiger charge is 2.36. The zero-order valence-electron chi connectivity index (χ0n) is 22.2. The van der Waals surface area contributed by atoms with E-state index < -0.39 is 57.7 Å². The minimum atomic E-state index is -4.83. The first-order valence-corrected chi connectivity index (χ1v) is 14.4. The SMILES string of the molecule is CCNC(=O)C(CC)N(Cc1ccc(F)cc1)C(=O)CN(c1cc(C(F)(F)F)ccc1Cl)S(=O)(=O)c1ccccc1. The molecule has 0 saturated heterocycles. The number of nitrogens with one attached hydrogen (secondary N) is 1. The maximum Gasteiger partial charge on any atom is 0.416 e. The Labute approximate surface area is 240 Å². The van der Waals surface area contributed by atoms with Crippen LogP contribution in [0, 0.1) is 5.82 Å². The van der Waals surface area contributed by atoms with E-state index in [-0.39, 0.29) is 29.4 Å². The molecule has 2 amide bonds. The molecular formula is C28H28ClF4N3O4S. The van der Waals surface area contributed by atoms with E-state index >= 15 is 0 Å². The van der Waals surface area contributed by atoms with Gasteiger partial charge in [0, 0.05) is 13.1 Å². The minimum absolute atomic E-state index is 0.133. The molecule has 0 radical (unpaired) electrons. The molecule has 0 bridgehead atoms. The Hall–Kier alpha value is -3.64. The molecule has 3 rings (SSSR count). The number of alkyl halides is 3. The van der Waals surface area contributed by atoms with Gasteiger partial charge in [0.2, 0.25) is 11.8 Å². The topological polar surface area (TPSA) is 86.8 Å². The Morgan fingerprint density at radius 2 is 1.61 bits per heavy atom. The van der Waals surface area contributed by atoms with Crippen molar-refractivity contribution in [2.75, 3.05) is 17.4 Å². The summed E-state index contributed by atoms with van der Waals surface area (Å²) in [5, 5.41) is 2.29. The van der Waals surface area contributed by atoms with Crippen molar-refractivity contribution < 1.29 is 35.6 Å². The molecule has 0 aliphatic rings. The van der Waals surface area contributed by atoms with Crippen LogP contribution in [-0.4, -0.2) is 44.3 Å². The molecule has 41 heavy (non-hydrogen) atoms. The lowest BCUT2D eigenvalue weighted by molar-refractivity contribution is -0.140. The van der Waals surface area contributed by atoms with Crippen LogP contribution in [0.15, 0.2) is 77.7 Å². The molecule has 3 aromatic carbocycles. The predicted molar refractivity (Wildman–Crippen MR) is 147 cm³/mol. The normalized spacial score (nSPS) is 12.5. The first-order valence-electron chi connectivity index (χ1n) is 12.6. The minimum Gasteiger partial charge on any atom is -0.355 e. The molecule has 0 aliphatic heterocycles. The fourth-order valence-electron chi connectivity index (χ4n) is 4.11. The second-order valence-electron chi connectivity index (χ2n) is 8.96. The number of hydrogen-bond donors (Lipinski definition) is 1. The molecule has 3 aromatic rings. The number of sulfonamides is 1. The maximum absolute atomic E-state index is 13.9. The van der Waals surface area contributed by atoms with Crippen LogP contribution in [0.3, 0.4) is 0 Å². The quantitative estimate of drug-likeness (QED) is 0.284. The summed E-state index contributed by atoms with van der Waals surface area (Å²) in [6.07, 6.45) is -4.69. The molecule has 0 aromatic heterocycles. The smallest absolute Gasteiger partial charge is 0.355 e. The molecule has 13 heteroatoms. The molecule has 1 atom stereocenters. The number of amides is 2. The second-order valence-corrected chi connectivity index (χ2v) is 11.2. The first-order chi connectivity index (χ1) is 19.3. The summed E-state index contributed by atoms with van der Waals surface area (Å²) < 4.78 is 82.4. The summed E-state index contributed by atoms with van der Waals surface area (Å²) in [5.41, 5.74) is -1.29. The third kappa shape index (κ3) is 7.76. The van der Waals surface area contributed by atoms with Crippen molar-refractivity contribution in [3.05, 3.63) is 94.8 Å². The van der Waals surface area contributed by atoms with Gasteiger partial charge in [-0.1, -0.05) is 48.9 Å². The van der Waals surface area contributed by atoms with Gasteiger partial charge >= 0.3 is 6.18 Å². The van der Waals surface area contributed by atoms with Gasteiger partial charge in [-0.05, 0) is 61.4 Å². The van der Waals surface area contributed by atoms with E-state index in [9.17, 15) is 35.6 Å². The van der Waals surface area contributed by atoms with Crippen molar-refractivity contribution in [1.29, 1.82) is 0 Å². The predicted octanol–water partition coefficient (Wildman–Crippen LogP) is 5.64. The van der Waals surface area contributed by atoms with E-state index in [2.05, 4.69) is 5.32 Å². The highest BCUT2D eigenvalue weighted by molar-refractivity contribution is 7.92. The van der Waals surface area contributed by atoms with Gasteiger partial charge in [-0.2, -0.15) is 13.2 Å². The van der Waals surface area contributed by atoms with Gasteiger partial charge in [0.15, 0.2) is 0 Å². The lowest BCUT2D eigenvalue weighted by atomic mass is 10.1. The molecule has 1 N–H and O–H groups in total. The Morgan fingerprint density at radius 1 is 0.976 bits per heavy atom. The molecule has 0 heterocycles. The lowest BCUT2D eigenvalue weighted by Gasteiger charge is -2.33. The number of carbonyl (C=O) groups is 2. The molecular weight excluding hydrogens is 586 g/mol. The summed E-state index contributed by atoms with van der Waals surface area (Å²) in [6, 6.07) is 13.1. The van der Waals surface area contributed by atoms with Gasteiger partial charge in [0.05, 0.1) is 21.2 Å². The number of nitrogens with zero attached hydrogens (tertiary/aromatic N) is 2. The van der Waals surface area contributed by atoms with Crippen molar-refractivity contribution in [2.45, 2.75) is 43.9 Å².